The minimum atomic E-state index is -0.364. The Balaban J connectivity index is 1.85. The molecule has 4 nitrogen and oxygen atoms in total. The van der Waals surface area contributed by atoms with Crippen LogP contribution in [0.5, 0.6) is 0 Å². The number of benzene rings is 2. The number of hydrogen-bond acceptors (Lipinski definition) is 2. The first-order chi connectivity index (χ1) is 12.4. The maximum atomic E-state index is 12.1. The van der Waals surface area contributed by atoms with Gasteiger partial charge in [-0.3, -0.25) is 9.59 Å². The van der Waals surface area contributed by atoms with Crippen LogP contribution in [-0.4, -0.2) is 18.4 Å². The van der Waals surface area contributed by atoms with Crippen molar-refractivity contribution in [1.82, 2.24) is 10.6 Å². The number of carbonyl (C=O) groups excluding carboxylic acids is 2. The summed E-state index contributed by atoms with van der Waals surface area (Å²) in [5.41, 5.74) is 2.67. The van der Waals surface area contributed by atoms with Crippen LogP contribution in [0.25, 0.3) is 0 Å². The van der Waals surface area contributed by atoms with E-state index in [0.29, 0.717) is 16.5 Å². The fourth-order valence-electron chi connectivity index (χ4n) is 2.69. The van der Waals surface area contributed by atoms with Crippen LogP contribution in [0.2, 0.25) is 5.02 Å². The molecule has 0 bridgehead atoms. The van der Waals surface area contributed by atoms with Crippen molar-refractivity contribution >= 4 is 23.4 Å². The van der Waals surface area contributed by atoms with Gasteiger partial charge in [-0.05, 0) is 42.5 Å². The molecule has 0 saturated heterocycles. The van der Waals surface area contributed by atoms with Gasteiger partial charge in [-0.25, -0.2) is 0 Å². The van der Waals surface area contributed by atoms with Crippen LogP contribution in [0.15, 0.2) is 48.5 Å². The zero-order valence-electron chi connectivity index (χ0n) is 15.4. The highest BCUT2D eigenvalue weighted by Gasteiger charge is 2.13. The topological polar surface area (TPSA) is 58.2 Å². The summed E-state index contributed by atoms with van der Waals surface area (Å²) < 4.78 is 0. The van der Waals surface area contributed by atoms with Gasteiger partial charge in [-0.2, -0.15) is 0 Å². The fraction of sp³-hybridized carbons (Fsp3) is 0.333. The molecule has 2 rings (SSSR count). The lowest BCUT2D eigenvalue weighted by atomic mass is 10.00. The molecular weight excluding hydrogens is 348 g/mol. The summed E-state index contributed by atoms with van der Waals surface area (Å²) in [7, 11) is 0. The van der Waals surface area contributed by atoms with E-state index in [9.17, 15) is 9.59 Å². The Hall–Kier alpha value is -2.33. The molecule has 0 heterocycles. The summed E-state index contributed by atoms with van der Waals surface area (Å²) in [4.78, 5) is 24.2. The molecule has 0 aromatic heterocycles. The molecule has 2 aromatic rings. The Morgan fingerprint density at radius 2 is 1.65 bits per heavy atom. The van der Waals surface area contributed by atoms with Crippen molar-refractivity contribution in [3.63, 3.8) is 0 Å². The first kappa shape index (κ1) is 20.0. The Labute approximate surface area is 159 Å². The average Bonchev–Trinajstić information content (AvgIpc) is 2.60. The van der Waals surface area contributed by atoms with Crippen molar-refractivity contribution in [3.05, 3.63) is 70.2 Å². The molecule has 0 unspecified atom stereocenters. The summed E-state index contributed by atoms with van der Waals surface area (Å²) >= 11 is 5.98. The lowest BCUT2D eigenvalue weighted by Crippen LogP contribution is -2.38. The molecule has 2 aromatic carbocycles. The van der Waals surface area contributed by atoms with Gasteiger partial charge in [-0.1, -0.05) is 61.8 Å². The number of hydrogen-bond donors (Lipinski definition) is 2. The zero-order valence-corrected chi connectivity index (χ0v) is 16.1. The van der Waals surface area contributed by atoms with Crippen molar-refractivity contribution in [2.45, 2.75) is 33.2 Å². The van der Waals surface area contributed by atoms with Crippen LogP contribution in [0, 0.1) is 5.92 Å². The summed E-state index contributed by atoms with van der Waals surface area (Å²) in [6.45, 7) is 6.20. The fourth-order valence-corrected chi connectivity index (χ4v) is 2.91. The SMILES string of the molecule is CC(C)Cc1ccc([C@@H](C)NC(=O)CNC(=O)c2ccccc2Cl)cc1. The molecule has 1 atom stereocenters. The summed E-state index contributed by atoms with van der Waals surface area (Å²) in [5, 5.41) is 5.84. The molecule has 0 aliphatic carbocycles. The Bertz CT molecular complexity index is 757. The van der Waals surface area contributed by atoms with E-state index in [4.69, 9.17) is 11.6 Å². The van der Waals surface area contributed by atoms with E-state index in [1.165, 1.54) is 5.56 Å². The maximum Gasteiger partial charge on any atom is 0.253 e. The highest BCUT2D eigenvalue weighted by molar-refractivity contribution is 6.33. The molecule has 5 heteroatoms. The molecule has 26 heavy (non-hydrogen) atoms. The Morgan fingerprint density at radius 3 is 2.27 bits per heavy atom. The number of amides is 2. The minimum Gasteiger partial charge on any atom is -0.348 e. The highest BCUT2D eigenvalue weighted by Crippen LogP contribution is 2.16. The lowest BCUT2D eigenvalue weighted by Gasteiger charge is -2.15. The van der Waals surface area contributed by atoms with Crippen molar-refractivity contribution in [1.29, 1.82) is 0 Å². The average molecular weight is 373 g/mol. The van der Waals surface area contributed by atoms with Gasteiger partial charge < -0.3 is 10.6 Å². The van der Waals surface area contributed by atoms with Gasteiger partial charge in [0.2, 0.25) is 5.91 Å². The molecule has 0 radical (unpaired) electrons. The second kappa shape index (κ2) is 9.39. The van der Waals surface area contributed by atoms with Crippen molar-refractivity contribution in [3.8, 4) is 0 Å². The van der Waals surface area contributed by atoms with Gasteiger partial charge in [0.1, 0.15) is 0 Å². The zero-order chi connectivity index (χ0) is 19.1. The molecule has 0 aliphatic rings. The summed E-state index contributed by atoms with van der Waals surface area (Å²) in [6, 6.07) is 14.9. The number of carbonyl (C=O) groups is 2. The first-order valence-electron chi connectivity index (χ1n) is 8.77. The van der Waals surface area contributed by atoms with Crippen molar-refractivity contribution in [2.75, 3.05) is 6.54 Å². The second-order valence-corrected chi connectivity index (χ2v) is 7.20. The third kappa shape index (κ3) is 5.88. The molecule has 2 amide bonds. The first-order valence-corrected chi connectivity index (χ1v) is 9.15. The van der Waals surface area contributed by atoms with Crippen LogP contribution in [-0.2, 0) is 11.2 Å². The lowest BCUT2D eigenvalue weighted by molar-refractivity contribution is -0.120. The predicted octanol–water partition coefficient (Wildman–Crippen LogP) is 4.15. The van der Waals surface area contributed by atoms with Crippen molar-refractivity contribution < 1.29 is 9.59 Å². The quantitative estimate of drug-likeness (QED) is 0.767. The Morgan fingerprint density at radius 1 is 1.00 bits per heavy atom. The molecule has 0 fully saturated rings. The monoisotopic (exact) mass is 372 g/mol. The standard InChI is InChI=1S/C21H25ClN2O2/c1-14(2)12-16-8-10-17(11-9-16)15(3)24-20(25)13-23-21(26)18-6-4-5-7-19(18)22/h4-11,14-15H,12-13H2,1-3H3,(H,23,26)(H,24,25)/t15-/m1/s1. The predicted molar refractivity (Wildman–Crippen MR) is 105 cm³/mol. The van der Waals surface area contributed by atoms with E-state index in [-0.39, 0.29) is 24.4 Å². The van der Waals surface area contributed by atoms with Crippen LogP contribution in [0.1, 0.15) is 48.3 Å². The van der Waals surface area contributed by atoms with Gasteiger partial charge >= 0.3 is 0 Å². The van der Waals surface area contributed by atoms with E-state index in [1.54, 1.807) is 24.3 Å². The van der Waals surface area contributed by atoms with E-state index < -0.39 is 0 Å². The highest BCUT2D eigenvalue weighted by atomic mass is 35.5. The van der Waals surface area contributed by atoms with E-state index in [2.05, 4.69) is 36.6 Å². The number of halogens is 1. The number of rotatable bonds is 7. The largest absolute Gasteiger partial charge is 0.348 e. The normalized spacial score (nSPS) is 11.9. The van der Waals surface area contributed by atoms with Crippen LogP contribution in [0.3, 0.4) is 0 Å². The maximum absolute atomic E-state index is 12.1. The van der Waals surface area contributed by atoms with Gasteiger partial charge in [-0.15, -0.1) is 0 Å². The molecular formula is C21H25ClN2O2. The molecule has 2 N–H and O–H groups in total. The summed E-state index contributed by atoms with van der Waals surface area (Å²) in [5.74, 6) is 0.000285. The van der Waals surface area contributed by atoms with E-state index in [1.807, 2.05) is 19.1 Å². The second-order valence-electron chi connectivity index (χ2n) is 6.79. The Kier molecular flexibility index (Phi) is 7.22. The van der Waals surface area contributed by atoms with Crippen LogP contribution < -0.4 is 10.6 Å². The molecule has 0 aliphatic heterocycles. The smallest absolute Gasteiger partial charge is 0.253 e. The van der Waals surface area contributed by atoms with Gasteiger partial charge in [0.05, 0.1) is 23.2 Å². The van der Waals surface area contributed by atoms with Gasteiger partial charge in [0.25, 0.3) is 5.91 Å². The van der Waals surface area contributed by atoms with Gasteiger partial charge in [0, 0.05) is 0 Å². The van der Waals surface area contributed by atoms with Crippen LogP contribution >= 0.6 is 11.6 Å². The molecule has 0 spiro atoms. The van der Waals surface area contributed by atoms with Crippen molar-refractivity contribution in [2.24, 2.45) is 5.92 Å². The van der Waals surface area contributed by atoms with Gasteiger partial charge in [0.15, 0.2) is 0 Å². The third-order valence-corrected chi connectivity index (χ3v) is 4.36. The van der Waals surface area contributed by atoms with E-state index in [0.717, 1.165) is 12.0 Å². The minimum absolute atomic E-state index is 0.0974. The molecule has 0 saturated carbocycles. The van der Waals surface area contributed by atoms with Crippen LogP contribution in [0.4, 0.5) is 0 Å². The summed E-state index contributed by atoms with van der Waals surface area (Å²) in [6.07, 6.45) is 1.04. The van der Waals surface area contributed by atoms with E-state index >= 15 is 0 Å². The molecule has 138 valence electrons. The number of nitrogens with one attached hydrogen (secondary N) is 2. The third-order valence-electron chi connectivity index (χ3n) is 4.03.